The quantitative estimate of drug-likeness (QED) is 0.702. The van der Waals surface area contributed by atoms with Crippen molar-refractivity contribution in [3.05, 3.63) is 56.7 Å². The highest BCUT2D eigenvalue weighted by molar-refractivity contribution is 9.11. The molecule has 0 bridgehead atoms. The van der Waals surface area contributed by atoms with E-state index in [9.17, 15) is 9.59 Å². The predicted molar refractivity (Wildman–Crippen MR) is 108 cm³/mol. The van der Waals surface area contributed by atoms with Gasteiger partial charge in [-0.05, 0) is 60.8 Å². The molecule has 0 aliphatic heterocycles. The van der Waals surface area contributed by atoms with E-state index in [0.29, 0.717) is 11.3 Å². The van der Waals surface area contributed by atoms with Gasteiger partial charge in [-0.25, -0.2) is 4.79 Å². The topological polar surface area (TPSA) is 67.4 Å². The molecule has 1 atom stereocenters. The lowest BCUT2D eigenvalue weighted by Crippen LogP contribution is -2.45. The fourth-order valence-electron chi connectivity index (χ4n) is 2.29. The van der Waals surface area contributed by atoms with Crippen molar-refractivity contribution in [1.29, 1.82) is 0 Å². The molecule has 0 aliphatic rings. The molecule has 0 fully saturated rings. The monoisotopic (exact) mass is 438 g/mol. The minimum Gasteiger partial charge on any atom is -0.444 e. The van der Waals surface area contributed by atoms with Gasteiger partial charge in [-0.15, -0.1) is 11.3 Å². The Morgan fingerprint density at radius 2 is 1.85 bits per heavy atom. The molecule has 2 aromatic rings. The summed E-state index contributed by atoms with van der Waals surface area (Å²) in [5.41, 5.74) is 0.516. The van der Waals surface area contributed by atoms with Crippen LogP contribution in [0.25, 0.3) is 0 Å². The predicted octanol–water partition coefficient (Wildman–Crippen LogP) is 4.38. The Bertz CT molecular complexity index is 741. The minimum absolute atomic E-state index is 0.160. The van der Waals surface area contributed by atoms with E-state index >= 15 is 0 Å². The third-order valence-corrected chi connectivity index (χ3v) is 4.97. The van der Waals surface area contributed by atoms with E-state index in [1.807, 2.05) is 57.2 Å². The van der Waals surface area contributed by atoms with Crippen LogP contribution in [0.3, 0.4) is 0 Å². The molecule has 5 nitrogen and oxygen atoms in total. The van der Waals surface area contributed by atoms with Crippen LogP contribution in [-0.4, -0.2) is 30.2 Å². The Morgan fingerprint density at radius 3 is 2.42 bits per heavy atom. The molecule has 2 N–H and O–H groups in total. The van der Waals surface area contributed by atoms with Crippen LogP contribution in [-0.2, 0) is 11.2 Å². The Hall–Kier alpha value is -1.86. The molecule has 0 unspecified atom stereocenters. The number of carbonyl (C=O) groups excluding carboxylic acids is 2. The van der Waals surface area contributed by atoms with Gasteiger partial charge in [0.05, 0.1) is 14.7 Å². The molecule has 1 aromatic carbocycles. The summed E-state index contributed by atoms with van der Waals surface area (Å²) in [6.45, 7) is 5.71. The first-order chi connectivity index (χ1) is 12.2. The van der Waals surface area contributed by atoms with Gasteiger partial charge in [0.2, 0.25) is 0 Å². The molecule has 2 amide bonds. The van der Waals surface area contributed by atoms with E-state index in [1.165, 1.54) is 11.3 Å². The number of halogens is 1. The highest BCUT2D eigenvalue weighted by Gasteiger charge is 2.20. The first-order valence-electron chi connectivity index (χ1n) is 8.30. The zero-order valence-corrected chi connectivity index (χ0v) is 17.4. The van der Waals surface area contributed by atoms with Crippen molar-refractivity contribution < 1.29 is 14.3 Å². The molecule has 7 heteroatoms. The molecule has 0 aliphatic carbocycles. The Kier molecular flexibility index (Phi) is 7.23. The maximum Gasteiger partial charge on any atom is 0.407 e. The van der Waals surface area contributed by atoms with E-state index in [1.54, 1.807) is 6.07 Å². The lowest BCUT2D eigenvalue weighted by molar-refractivity contribution is 0.0520. The van der Waals surface area contributed by atoms with Crippen LogP contribution in [0.4, 0.5) is 4.79 Å². The van der Waals surface area contributed by atoms with Crippen molar-refractivity contribution in [3.8, 4) is 0 Å². The molecule has 0 saturated carbocycles. The Balaban J connectivity index is 2.01. The fourth-order valence-corrected chi connectivity index (χ4v) is 3.58. The molecule has 140 valence electrons. The lowest BCUT2D eigenvalue weighted by atomic mass is 10.1. The van der Waals surface area contributed by atoms with Gasteiger partial charge >= 0.3 is 6.09 Å². The van der Waals surface area contributed by atoms with Crippen LogP contribution in [0.2, 0.25) is 0 Å². The third kappa shape index (κ3) is 7.17. The summed E-state index contributed by atoms with van der Waals surface area (Å²) in [5.74, 6) is -0.160. The van der Waals surface area contributed by atoms with Crippen LogP contribution < -0.4 is 10.6 Å². The first-order valence-corrected chi connectivity index (χ1v) is 9.91. The highest BCUT2D eigenvalue weighted by atomic mass is 79.9. The number of nitrogens with one attached hydrogen (secondary N) is 2. The number of thiophene rings is 1. The Labute approximate surface area is 166 Å². The largest absolute Gasteiger partial charge is 0.444 e. The van der Waals surface area contributed by atoms with Crippen LogP contribution in [0.5, 0.6) is 0 Å². The first kappa shape index (κ1) is 20.5. The van der Waals surface area contributed by atoms with Gasteiger partial charge in [-0.3, -0.25) is 4.79 Å². The second-order valence-electron chi connectivity index (χ2n) is 6.85. The van der Waals surface area contributed by atoms with Crippen LogP contribution in [0, 0.1) is 0 Å². The average Bonchev–Trinajstić information content (AvgIpc) is 2.98. The zero-order valence-electron chi connectivity index (χ0n) is 15.0. The zero-order chi connectivity index (χ0) is 19.2. The van der Waals surface area contributed by atoms with Gasteiger partial charge in [0.25, 0.3) is 5.91 Å². The van der Waals surface area contributed by atoms with Crippen molar-refractivity contribution in [1.82, 2.24) is 10.6 Å². The van der Waals surface area contributed by atoms with Crippen LogP contribution in [0.15, 0.2) is 46.3 Å². The molecule has 0 saturated heterocycles. The molecule has 26 heavy (non-hydrogen) atoms. The van der Waals surface area contributed by atoms with Gasteiger partial charge in [-0.2, -0.15) is 0 Å². The van der Waals surface area contributed by atoms with Gasteiger partial charge in [0.1, 0.15) is 5.60 Å². The van der Waals surface area contributed by atoms with Crippen molar-refractivity contribution in [3.63, 3.8) is 0 Å². The number of hydrogen-bond acceptors (Lipinski definition) is 4. The number of carbonyl (C=O) groups is 2. The smallest absolute Gasteiger partial charge is 0.407 e. The standard InChI is InChI=1S/C19H23BrN2O3S/c1-19(2,3)25-18(24)21-12-14(11-13-7-5-4-6-8-13)22-17(23)15-9-10-16(20)26-15/h4-10,14H,11-12H2,1-3H3,(H,21,24)(H,22,23)/t14-/m0/s1. The fraction of sp³-hybridized carbons (Fsp3) is 0.368. The maximum atomic E-state index is 12.5. The summed E-state index contributed by atoms with van der Waals surface area (Å²) in [5, 5.41) is 5.73. The summed E-state index contributed by atoms with van der Waals surface area (Å²) in [6, 6.07) is 13.2. The van der Waals surface area contributed by atoms with Crippen molar-refractivity contribution in [2.45, 2.75) is 38.8 Å². The molecule has 1 aromatic heterocycles. The van der Waals surface area contributed by atoms with Gasteiger partial charge in [0.15, 0.2) is 0 Å². The summed E-state index contributed by atoms with van der Waals surface area (Å²) in [4.78, 5) is 25.0. The summed E-state index contributed by atoms with van der Waals surface area (Å²) in [7, 11) is 0. The number of amides is 2. The SMILES string of the molecule is CC(C)(C)OC(=O)NC[C@H](Cc1ccccc1)NC(=O)c1ccc(Br)s1. The van der Waals surface area contributed by atoms with Crippen molar-refractivity contribution >= 4 is 39.3 Å². The molecule has 0 spiro atoms. The number of rotatable bonds is 6. The maximum absolute atomic E-state index is 12.5. The normalized spacial score (nSPS) is 12.3. The minimum atomic E-state index is -0.564. The van der Waals surface area contributed by atoms with E-state index in [0.717, 1.165) is 9.35 Å². The molecule has 1 heterocycles. The van der Waals surface area contributed by atoms with E-state index in [4.69, 9.17) is 4.74 Å². The number of benzene rings is 1. The second kappa shape index (κ2) is 9.19. The molecular weight excluding hydrogens is 416 g/mol. The summed E-state index contributed by atoms with van der Waals surface area (Å²) in [6.07, 6.45) is 0.109. The van der Waals surface area contributed by atoms with E-state index in [2.05, 4.69) is 26.6 Å². The van der Waals surface area contributed by atoms with Crippen molar-refractivity contribution in [2.75, 3.05) is 6.54 Å². The lowest BCUT2D eigenvalue weighted by Gasteiger charge is -2.22. The molecule has 0 radical (unpaired) electrons. The van der Waals surface area contributed by atoms with Gasteiger partial charge in [-0.1, -0.05) is 30.3 Å². The van der Waals surface area contributed by atoms with Crippen LogP contribution in [0.1, 0.15) is 36.0 Å². The Morgan fingerprint density at radius 1 is 1.15 bits per heavy atom. The molecular formula is C19H23BrN2O3S. The number of ether oxygens (including phenoxy) is 1. The van der Waals surface area contributed by atoms with Gasteiger partial charge in [0, 0.05) is 6.54 Å². The number of alkyl carbamates (subject to hydrolysis) is 1. The summed E-state index contributed by atoms with van der Waals surface area (Å²) < 4.78 is 6.16. The van der Waals surface area contributed by atoms with Gasteiger partial charge < -0.3 is 15.4 Å². The third-order valence-electron chi connectivity index (χ3n) is 3.35. The second-order valence-corrected chi connectivity index (χ2v) is 9.31. The van der Waals surface area contributed by atoms with Crippen LogP contribution >= 0.6 is 27.3 Å². The highest BCUT2D eigenvalue weighted by Crippen LogP contribution is 2.22. The van der Waals surface area contributed by atoms with E-state index < -0.39 is 11.7 Å². The molecule has 2 rings (SSSR count). The number of hydrogen-bond donors (Lipinski definition) is 2. The average molecular weight is 439 g/mol. The summed E-state index contributed by atoms with van der Waals surface area (Å²) >= 11 is 4.73. The van der Waals surface area contributed by atoms with E-state index in [-0.39, 0.29) is 18.5 Å². The van der Waals surface area contributed by atoms with Crippen molar-refractivity contribution in [2.24, 2.45) is 0 Å².